The lowest BCUT2D eigenvalue weighted by atomic mass is 10.2. The molecule has 1 aromatic rings. The first-order valence-corrected chi connectivity index (χ1v) is 7.35. The maximum absolute atomic E-state index is 11.8. The van der Waals surface area contributed by atoms with Gasteiger partial charge in [-0.15, -0.1) is 0 Å². The molecule has 1 aliphatic rings. The highest BCUT2D eigenvalue weighted by atomic mass is 79.9. The van der Waals surface area contributed by atoms with Crippen molar-refractivity contribution in [3.05, 3.63) is 22.7 Å². The number of benzene rings is 1. The molecule has 0 bridgehead atoms. The average Bonchev–Trinajstić information content (AvgIpc) is 2.89. The summed E-state index contributed by atoms with van der Waals surface area (Å²) >= 11 is 3.42. The van der Waals surface area contributed by atoms with Crippen molar-refractivity contribution in [3.8, 4) is 5.75 Å². The fourth-order valence-electron chi connectivity index (χ4n) is 2.31. The van der Waals surface area contributed by atoms with Crippen molar-refractivity contribution in [3.63, 3.8) is 0 Å². The molecule has 2 N–H and O–H groups in total. The number of nitrogens with one attached hydrogen (secondary N) is 2. The lowest BCUT2D eigenvalue weighted by molar-refractivity contribution is -0.120. The predicted octanol–water partition coefficient (Wildman–Crippen LogP) is 2.93. The van der Waals surface area contributed by atoms with Crippen LogP contribution in [0, 0.1) is 0 Å². The van der Waals surface area contributed by atoms with Crippen molar-refractivity contribution < 1.29 is 9.53 Å². The second-order valence-electron chi connectivity index (χ2n) is 4.75. The van der Waals surface area contributed by atoms with Gasteiger partial charge in [-0.3, -0.25) is 4.79 Å². The quantitative estimate of drug-likeness (QED) is 0.874. The van der Waals surface area contributed by atoms with E-state index in [4.69, 9.17) is 4.74 Å². The number of hydrogen-bond acceptors (Lipinski definition) is 3. The van der Waals surface area contributed by atoms with E-state index in [9.17, 15) is 4.79 Å². The monoisotopic (exact) mass is 326 g/mol. The molecule has 104 valence electrons. The van der Waals surface area contributed by atoms with E-state index in [-0.39, 0.29) is 5.91 Å². The lowest BCUT2D eigenvalue weighted by Gasteiger charge is -2.13. The van der Waals surface area contributed by atoms with Gasteiger partial charge >= 0.3 is 0 Å². The lowest BCUT2D eigenvalue weighted by Crippen LogP contribution is -2.36. The van der Waals surface area contributed by atoms with E-state index in [1.807, 2.05) is 18.2 Å². The van der Waals surface area contributed by atoms with Gasteiger partial charge < -0.3 is 15.4 Å². The van der Waals surface area contributed by atoms with Crippen LogP contribution in [-0.2, 0) is 4.79 Å². The molecule has 5 heteroatoms. The van der Waals surface area contributed by atoms with E-state index in [1.165, 1.54) is 12.8 Å². The molecule has 0 spiro atoms. The van der Waals surface area contributed by atoms with E-state index < -0.39 is 0 Å². The largest absolute Gasteiger partial charge is 0.496 e. The van der Waals surface area contributed by atoms with Crippen molar-refractivity contribution in [2.24, 2.45) is 0 Å². The first-order chi connectivity index (χ1) is 9.19. The number of anilines is 1. The van der Waals surface area contributed by atoms with E-state index in [1.54, 1.807) is 7.11 Å². The topological polar surface area (TPSA) is 50.4 Å². The SMILES string of the molecule is COc1ccc(NCC(=O)NC2CCCC2)cc1Br. The van der Waals surface area contributed by atoms with E-state index >= 15 is 0 Å². The van der Waals surface area contributed by atoms with Crippen LogP contribution in [0.2, 0.25) is 0 Å². The van der Waals surface area contributed by atoms with Crippen LogP contribution in [0.3, 0.4) is 0 Å². The normalized spacial score (nSPS) is 15.3. The molecular weight excluding hydrogens is 308 g/mol. The molecule has 0 radical (unpaired) electrons. The number of ether oxygens (including phenoxy) is 1. The third-order valence-corrected chi connectivity index (χ3v) is 3.94. The summed E-state index contributed by atoms with van der Waals surface area (Å²) in [6.07, 6.45) is 4.67. The molecule has 19 heavy (non-hydrogen) atoms. The van der Waals surface area contributed by atoms with Crippen LogP contribution in [0.25, 0.3) is 0 Å². The summed E-state index contributed by atoms with van der Waals surface area (Å²) in [6.45, 7) is 0.301. The predicted molar refractivity (Wildman–Crippen MR) is 79.6 cm³/mol. The molecular formula is C14H19BrN2O2. The molecule has 1 aliphatic carbocycles. The zero-order valence-electron chi connectivity index (χ0n) is 11.0. The number of halogens is 1. The minimum Gasteiger partial charge on any atom is -0.496 e. The fourth-order valence-corrected chi connectivity index (χ4v) is 2.85. The van der Waals surface area contributed by atoms with Crippen LogP contribution < -0.4 is 15.4 Å². The Hall–Kier alpha value is -1.23. The Kier molecular flexibility index (Phi) is 5.07. The van der Waals surface area contributed by atoms with Crippen LogP contribution in [0.15, 0.2) is 22.7 Å². The number of rotatable bonds is 5. The molecule has 0 aliphatic heterocycles. The summed E-state index contributed by atoms with van der Waals surface area (Å²) < 4.78 is 6.03. The minimum atomic E-state index is 0.0545. The van der Waals surface area contributed by atoms with Gasteiger partial charge in [-0.1, -0.05) is 12.8 Å². The highest BCUT2D eigenvalue weighted by molar-refractivity contribution is 9.10. The van der Waals surface area contributed by atoms with Crippen molar-refractivity contribution in [1.29, 1.82) is 0 Å². The molecule has 2 rings (SSSR count). The van der Waals surface area contributed by atoms with Crippen LogP contribution in [0.1, 0.15) is 25.7 Å². The van der Waals surface area contributed by atoms with Crippen molar-refractivity contribution >= 4 is 27.5 Å². The number of carbonyl (C=O) groups is 1. The molecule has 0 heterocycles. The third-order valence-electron chi connectivity index (χ3n) is 3.33. The Labute approximate surface area is 122 Å². The van der Waals surface area contributed by atoms with E-state index in [2.05, 4.69) is 26.6 Å². The number of carbonyl (C=O) groups excluding carboxylic acids is 1. The molecule has 0 atom stereocenters. The summed E-state index contributed by atoms with van der Waals surface area (Å²) in [5.41, 5.74) is 0.897. The number of methoxy groups -OCH3 is 1. The summed E-state index contributed by atoms with van der Waals surface area (Å²) in [6, 6.07) is 6.03. The van der Waals surface area contributed by atoms with Gasteiger partial charge in [0.25, 0.3) is 0 Å². The standard InChI is InChI=1S/C14H19BrN2O2/c1-19-13-7-6-11(8-12(13)15)16-9-14(18)17-10-4-2-3-5-10/h6-8,10,16H,2-5,9H2,1H3,(H,17,18). The van der Waals surface area contributed by atoms with Crippen LogP contribution >= 0.6 is 15.9 Å². The van der Waals surface area contributed by atoms with Crippen LogP contribution in [0.4, 0.5) is 5.69 Å². The second kappa shape index (κ2) is 6.80. The van der Waals surface area contributed by atoms with Gasteiger partial charge in [0.1, 0.15) is 5.75 Å². The van der Waals surface area contributed by atoms with Crippen molar-refractivity contribution in [2.45, 2.75) is 31.7 Å². The molecule has 1 amide bonds. The second-order valence-corrected chi connectivity index (χ2v) is 5.61. The number of hydrogen-bond donors (Lipinski definition) is 2. The zero-order valence-corrected chi connectivity index (χ0v) is 12.6. The first kappa shape index (κ1) is 14.2. The van der Waals surface area contributed by atoms with E-state index in [0.717, 1.165) is 28.8 Å². The van der Waals surface area contributed by atoms with Gasteiger partial charge in [-0.05, 0) is 47.0 Å². The van der Waals surface area contributed by atoms with Crippen LogP contribution in [0.5, 0.6) is 5.75 Å². The molecule has 1 aromatic carbocycles. The zero-order chi connectivity index (χ0) is 13.7. The third kappa shape index (κ3) is 4.13. The van der Waals surface area contributed by atoms with Gasteiger partial charge in [0.15, 0.2) is 0 Å². The summed E-state index contributed by atoms with van der Waals surface area (Å²) in [4.78, 5) is 11.8. The molecule has 1 saturated carbocycles. The minimum absolute atomic E-state index is 0.0545. The summed E-state index contributed by atoms with van der Waals surface area (Å²) in [5.74, 6) is 0.833. The van der Waals surface area contributed by atoms with Gasteiger partial charge in [0.2, 0.25) is 5.91 Å². The highest BCUT2D eigenvalue weighted by Gasteiger charge is 2.16. The maximum atomic E-state index is 11.8. The van der Waals surface area contributed by atoms with Gasteiger partial charge in [-0.2, -0.15) is 0 Å². The van der Waals surface area contributed by atoms with Crippen LogP contribution in [-0.4, -0.2) is 25.6 Å². The Balaban J connectivity index is 1.81. The first-order valence-electron chi connectivity index (χ1n) is 6.56. The fraction of sp³-hybridized carbons (Fsp3) is 0.500. The Morgan fingerprint density at radius 1 is 1.42 bits per heavy atom. The highest BCUT2D eigenvalue weighted by Crippen LogP contribution is 2.27. The Morgan fingerprint density at radius 3 is 2.79 bits per heavy atom. The molecule has 0 aromatic heterocycles. The number of amides is 1. The Bertz CT molecular complexity index is 445. The van der Waals surface area contributed by atoms with Gasteiger partial charge in [0.05, 0.1) is 18.1 Å². The smallest absolute Gasteiger partial charge is 0.239 e. The van der Waals surface area contributed by atoms with Crippen molar-refractivity contribution in [2.75, 3.05) is 19.0 Å². The van der Waals surface area contributed by atoms with Gasteiger partial charge in [-0.25, -0.2) is 0 Å². The van der Waals surface area contributed by atoms with E-state index in [0.29, 0.717) is 12.6 Å². The molecule has 0 unspecified atom stereocenters. The summed E-state index contributed by atoms with van der Waals surface area (Å²) in [7, 11) is 1.63. The average molecular weight is 327 g/mol. The molecule has 4 nitrogen and oxygen atoms in total. The molecule has 0 saturated heterocycles. The summed E-state index contributed by atoms with van der Waals surface area (Å²) in [5, 5.41) is 6.16. The van der Waals surface area contributed by atoms with Crippen molar-refractivity contribution in [1.82, 2.24) is 5.32 Å². The Morgan fingerprint density at radius 2 is 2.16 bits per heavy atom. The van der Waals surface area contributed by atoms with Gasteiger partial charge in [0, 0.05) is 11.7 Å². The maximum Gasteiger partial charge on any atom is 0.239 e. The molecule has 1 fully saturated rings.